The van der Waals surface area contributed by atoms with E-state index in [0.717, 1.165) is 56.0 Å². The van der Waals surface area contributed by atoms with Gasteiger partial charge in [-0.25, -0.2) is 17.5 Å². The van der Waals surface area contributed by atoms with E-state index in [-0.39, 0.29) is 16.4 Å². The van der Waals surface area contributed by atoms with Crippen molar-refractivity contribution in [2.24, 2.45) is 5.41 Å². The summed E-state index contributed by atoms with van der Waals surface area (Å²) in [5, 5.41) is 0. The molecule has 162 valence electrons. The summed E-state index contributed by atoms with van der Waals surface area (Å²) in [5.74, 6) is 0.906. The van der Waals surface area contributed by atoms with Gasteiger partial charge >= 0.3 is 0 Å². The van der Waals surface area contributed by atoms with Crippen molar-refractivity contribution in [3.8, 4) is 11.5 Å². The van der Waals surface area contributed by atoms with E-state index in [1.165, 1.54) is 24.3 Å². The lowest BCUT2D eigenvalue weighted by Gasteiger charge is -2.33. The molecule has 0 radical (unpaired) electrons. The summed E-state index contributed by atoms with van der Waals surface area (Å²) in [6.07, 6.45) is 2.62. The van der Waals surface area contributed by atoms with Crippen LogP contribution in [0.4, 0.5) is 4.39 Å². The zero-order valence-electron chi connectivity index (χ0n) is 17.2. The number of nitrogens with zero attached hydrogens (tertiary/aromatic N) is 1. The van der Waals surface area contributed by atoms with Crippen LogP contribution in [0.25, 0.3) is 0 Å². The van der Waals surface area contributed by atoms with E-state index in [0.29, 0.717) is 0 Å². The van der Waals surface area contributed by atoms with E-state index in [1.54, 1.807) is 14.2 Å². The number of piperidine rings is 1. The van der Waals surface area contributed by atoms with Gasteiger partial charge in [0, 0.05) is 18.2 Å². The summed E-state index contributed by atoms with van der Waals surface area (Å²) in [6.45, 7) is 2.50. The molecule has 1 aliphatic heterocycles. The second-order valence-corrected chi connectivity index (χ2v) is 9.81. The third kappa shape index (κ3) is 4.17. The number of ether oxygens (including phenoxy) is 2. The predicted molar refractivity (Wildman–Crippen MR) is 112 cm³/mol. The number of hydrogen-bond donors (Lipinski definition) is 1. The Morgan fingerprint density at radius 1 is 1.13 bits per heavy atom. The van der Waals surface area contributed by atoms with Crippen molar-refractivity contribution in [2.45, 2.75) is 36.7 Å². The van der Waals surface area contributed by atoms with Gasteiger partial charge in [-0.2, -0.15) is 0 Å². The second kappa shape index (κ2) is 8.17. The Balaban J connectivity index is 1.36. The molecule has 1 unspecified atom stereocenters. The summed E-state index contributed by atoms with van der Waals surface area (Å²) in [4.78, 5) is 2.07. The average Bonchev–Trinajstić information content (AvgIpc) is 3.39. The molecule has 2 aliphatic rings. The molecule has 1 spiro atoms. The van der Waals surface area contributed by atoms with Crippen LogP contribution in [0.1, 0.15) is 24.8 Å². The zero-order valence-corrected chi connectivity index (χ0v) is 18.0. The largest absolute Gasteiger partial charge is 0.497 e. The number of sulfonamides is 1. The number of benzene rings is 2. The molecule has 1 heterocycles. The summed E-state index contributed by atoms with van der Waals surface area (Å²) in [5.41, 5.74) is 1.05. The molecule has 30 heavy (non-hydrogen) atoms. The lowest BCUT2D eigenvalue weighted by molar-refractivity contribution is 0.160. The monoisotopic (exact) mass is 434 g/mol. The third-order valence-corrected chi connectivity index (χ3v) is 7.85. The van der Waals surface area contributed by atoms with Crippen LogP contribution in [-0.4, -0.2) is 46.7 Å². The van der Waals surface area contributed by atoms with Gasteiger partial charge in [0.25, 0.3) is 0 Å². The van der Waals surface area contributed by atoms with Gasteiger partial charge < -0.3 is 9.47 Å². The average molecular weight is 435 g/mol. The summed E-state index contributed by atoms with van der Waals surface area (Å²) < 4.78 is 52.6. The van der Waals surface area contributed by atoms with Gasteiger partial charge in [0.1, 0.15) is 22.2 Å². The quantitative estimate of drug-likeness (QED) is 0.725. The summed E-state index contributed by atoms with van der Waals surface area (Å²) in [7, 11) is -0.546. The minimum Gasteiger partial charge on any atom is -0.497 e. The van der Waals surface area contributed by atoms with Crippen LogP contribution in [0, 0.1) is 11.2 Å². The highest BCUT2D eigenvalue weighted by atomic mass is 32.2. The van der Waals surface area contributed by atoms with Gasteiger partial charge in [0.2, 0.25) is 10.0 Å². The van der Waals surface area contributed by atoms with Crippen molar-refractivity contribution >= 4 is 10.0 Å². The normalized spacial score (nSPS) is 20.8. The molecule has 1 atom stereocenters. The van der Waals surface area contributed by atoms with Gasteiger partial charge in [-0.15, -0.1) is 0 Å². The van der Waals surface area contributed by atoms with Crippen LogP contribution in [-0.2, 0) is 16.6 Å². The standard InChI is InChI=1S/C22H27FN2O4S/c1-28-17-7-8-19(29-2)16(13-17)15-25-11-9-22(10-12-25)14-21(22)24-30(26,27)20-6-4-3-5-18(20)23/h3-8,13,21,24H,9-12,14-15H2,1-2H3. The topological polar surface area (TPSA) is 67.9 Å². The number of rotatable bonds is 7. The highest BCUT2D eigenvalue weighted by Crippen LogP contribution is 2.54. The minimum absolute atomic E-state index is 0.0205. The van der Waals surface area contributed by atoms with Crippen molar-refractivity contribution < 1.29 is 22.3 Å². The maximum Gasteiger partial charge on any atom is 0.243 e. The van der Waals surface area contributed by atoms with Gasteiger partial charge in [0.05, 0.1) is 14.2 Å². The predicted octanol–water partition coefficient (Wildman–Crippen LogP) is 3.18. The zero-order chi connectivity index (χ0) is 21.4. The van der Waals surface area contributed by atoms with Crippen LogP contribution in [0.5, 0.6) is 11.5 Å². The molecular weight excluding hydrogens is 407 g/mol. The van der Waals surface area contributed by atoms with Crippen LogP contribution in [0.3, 0.4) is 0 Å². The lowest BCUT2D eigenvalue weighted by atomic mass is 9.92. The molecular formula is C22H27FN2O4S. The SMILES string of the molecule is COc1ccc(OC)c(CN2CCC3(CC2)CC3NS(=O)(=O)c2ccccc2F)c1. The van der Waals surface area contributed by atoms with Crippen LogP contribution >= 0.6 is 0 Å². The summed E-state index contributed by atoms with van der Waals surface area (Å²) >= 11 is 0. The van der Waals surface area contributed by atoms with E-state index in [2.05, 4.69) is 9.62 Å². The van der Waals surface area contributed by atoms with E-state index < -0.39 is 15.8 Å². The van der Waals surface area contributed by atoms with Crippen molar-refractivity contribution in [3.05, 3.63) is 53.8 Å². The minimum atomic E-state index is -3.85. The highest BCUT2D eigenvalue weighted by Gasteiger charge is 2.56. The molecule has 0 bridgehead atoms. The van der Waals surface area contributed by atoms with E-state index in [1.807, 2.05) is 18.2 Å². The molecule has 1 aliphatic carbocycles. The fraction of sp³-hybridized carbons (Fsp3) is 0.455. The van der Waals surface area contributed by atoms with Gasteiger partial charge in [-0.05, 0) is 68.1 Å². The van der Waals surface area contributed by atoms with Crippen molar-refractivity contribution in [1.82, 2.24) is 9.62 Å². The molecule has 6 nitrogen and oxygen atoms in total. The molecule has 2 aromatic rings. The number of halogens is 1. The Labute approximate surface area is 177 Å². The first-order chi connectivity index (χ1) is 14.4. The first kappa shape index (κ1) is 21.1. The van der Waals surface area contributed by atoms with E-state index in [4.69, 9.17) is 9.47 Å². The second-order valence-electron chi connectivity index (χ2n) is 8.12. The fourth-order valence-electron chi connectivity index (χ4n) is 4.38. The molecule has 2 aromatic carbocycles. The Bertz CT molecular complexity index is 1020. The first-order valence-electron chi connectivity index (χ1n) is 10.1. The molecule has 1 saturated heterocycles. The molecule has 1 N–H and O–H groups in total. The van der Waals surface area contributed by atoms with Crippen molar-refractivity contribution in [1.29, 1.82) is 0 Å². The molecule has 4 rings (SSSR count). The van der Waals surface area contributed by atoms with E-state index in [9.17, 15) is 12.8 Å². The Kier molecular flexibility index (Phi) is 5.74. The number of likely N-dealkylation sites (tertiary alicyclic amines) is 1. The maximum absolute atomic E-state index is 13.9. The molecule has 0 aromatic heterocycles. The Morgan fingerprint density at radius 3 is 2.53 bits per heavy atom. The Morgan fingerprint density at radius 2 is 1.87 bits per heavy atom. The fourth-order valence-corrected chi connectivity index (χ4v) is 5.80. The van der Waals surface area contributed by atoms with Crippen molar-refractivity contribution in [3.63, 3.8) is 0 Å². The number of nitrogens with one attached hydrogen (secondary N) is 1. The summed E-state index contributed by atoms with van der Waals surface area (Å²) in [6, 6.07) is 11.1. The van der Waals surface area contributed by atoms with Crippen molar-refractivity contribution in [2.75, 3.05) is 27.3 Å². The molecule has 8 heteroatoms. The molecule has 0 amide bonds. The van der Waals surface area contributed by atoms with Gasteiger partial charge in [0.15, 0.2) is 0 Å². The van der Waals surface area contributed by atoms with E-state index >= 15 is 0 Å². The lowest BCUT2D eigenvalue weighted by Crippen LogP contribution is -2.38. The molecule has 2 fully saturated rings. The van der Waals surface area contributed by atoms with Gasteiger partial charge in [-0.3, -0.25) is 4.90 Å². The van der Waals surface area contributed by atoms with Crippen LogP contribution in [0.15, 0.2) is 47.4 Å². The van der Waals surface area contributed by atoms with Crippen LogP contribution in [0.2, 0.25) is 0 Å². The number of hydrogen-bond acceptors (Lipinski definition) is 5. The molecule has 1 saturated carbocycles. The smallest absolute Gasteiger partial charge is 0.243 e. The highest BCUT2D eigenvalue weighted by molar-refractivity contribution is 7.89. The Hall–Kier alpha value is -2.16. The van der Waals surface area contributed by atoms with Crippen LogP contribution < -0.4 is 14.2 Å². The first-order valence-corrected chi connectivity index (χ1v) is 11.6. The third-order valence-electron chi connectivity index (χ3n) is 6.35. The number of methoxy groups -OCH3 is 2. The maximum atomic E-state index is 13.9. The van der Waals surface area contributed by atoms with Gasteiger partial charge in [-0.1, -0.05) is 12.1 Å².